The molecule has 0 atom stereocenters. The maximum absolute atomic E-state index is 7.00. The summed E-state index contributed by atoms with van der Waals surface area (Å²) in [5.74, 6) is 2.14. The topological polar surface area (TPSA) is 86.6 Å². The molecule has 8 nitrogen and oxygen atoms in total. The molecule has 3 saturated heterocycles. The van der Waals surface area contributed by atoms with Crippen LogP contribution in [0.15, 0.2) is 30.6 Å². The van der Waals surface area contributed by atoms with Gasteiger partial charge in [0.2, 0.25) is 0 Å². The van der Waals surface area contributed by atoms with E-state index in [1.807, 2.05) is 26.2 Å². The SMILES string of the molecule is CC.CO.c1cc(N2CCCC2)ncc1-c1nc2cnc(N3CCC(NC4COC4)CC3)cc2s1. The van der Waals surface area contributed by atoms with Gasteiger partial charge in [0.25, 0.3) is 0 Å². The molecule has 0 amide bonds. The average Bonchev–Trinajstić information content (AvgIpc) is 3.59. The lowest BCUT2D eigenvalue weighted by molar-refractivity contribution is -0.0111. The molecule has 3 fully saturated rings. The first kappa shape index (κ1) is 25.8. The quantitative estimate of drug-likeness (QED) is 0.547. The lowest BCUT2D eigenvalue weighted by Crippen LogP contribution is -2.53. The molecule has 6 heterocycles. The summed E-state index contributed by atoms with van der Waals surface area (Å²) in [6, 6.07) is 7.64. The molecule has 6 rings (SSSR count). The van der Waals surface area contributed by atoms with Gasteiger partial charge in [-0.1, -0.05) is 13.8 Å². The summed E-state index contributed by atoms with van der Waals surface area (Å²) in [5, 5.41) is 11.7. The monoisotopic (exact) mass is 498 g/mol. The van der Waals surface area contributed by atoms with Gasteiger partial charge in [-0.15, -0.1) is 11.3 Å². The minimum atomic E-state index is 0.556. The van der Waals surface area contributed by atoms with Crippen molar-refractivity contribution in [2.75, 3.05) is 56.3 Å². The molecule has 0 bridgehead atoms. The molecule has 2 N–H and O–H groups in total. The van der Waals surface area contributed by atoms with Crippen LogP contribution in [0.5, 0.6) is 0 Å². The number of fused-ring (bicyclic) bond motifs is 1. The van der Waals surface area contributed by atoms with Gasteiger partial charge in [0, 0.05) is 57.2 Å². The van der Waals surface area contributed by atoms with E-state index >= 15 is 0 Å². The smallest absolute Gasteiger partial charge is 0.130 e. The summed E-state index contributed by atoms with van der Waals surface area (Å²) < 4.78 is 6.47. The Morgan fingerprint density at radius 3 is 2.23 bits per heavy atom. The Morgan fingerprint density at radius 1 is 0.914 bits per heavy atom. The summed E-state index contributed by atoms with van der Waals surface area (Å²) in [5.41, 5.74) is 2.05. The van der Waals surface area contributed by atoms with E-state index in [1.54, 1.807) is 11.3 Å². The van der Waals surface area contributed by atoms with Crippen LogP contribution in [0, 0.1) is 0 Å². The molecular weight excluding hydrogens is 460 g/mol. The summed E-state index contributed by atoms with van der Waals surface area (Å²) in [7, 11) is 1.00. The van der Waals surface area contributed by atoms with Crippen molar-refractivity contribution in [3.05, 3.63) is 30.6 Å². The van der Waals surface area contributed by atoms with E-state index in [9.17, 15) is 0 Å². The summed E-state index contributed by atoms with van der Waals surface area (Å²) in [4.78, 5) is 19.0. The Balaban J connectivity index is 0.000000689. The van der Waals surface area contributed by atoms with E-state index in [-0.39, 0.29) is 0 Å². The van der Waals surface area contributed by atoms with Crippen molar-refractivity contribution in [1.29, 1.82) is 0 Å². The van der Waals surface area contributed by atoms with Crippen molar-refractivity contribution >= 4 is 33.2 Å². The van der Waals surface area contributed by atoms with Crippen LogP contribution in [0.3, 0.4) is 0 Å². The largest absolute Gasteiger partial charge is 0.400 e. The van der Waals surface area contributed by atoms with Crippen LogP contribution >= 0.6 is 11.3 Å². The van der Waals surface area contributed by atoms with Crippen molar-refractivity contribution in [3.63, 3.8) is 0 Å². The molecule has 0 aromatic carbocycles. The lowest BCUT2D eigenvalue weighted by atomic mass is 10.0. The first-order valence-corrected chi connectivity index (χ1v) is 13.6. The third kappa shape index (κ3) is 6.09. The van der Waals surface area contributed by atoms with E-state index in [1.165, 1.54) is 17.5 Å². The van der Waals surface area contributed by atoms with Gasteiger partial charge in [0.15, 0.2) is 0 Å². The van der Waals surface area contributed by atoms with Gasteiger partial charge in [-0.05, 0) is 37.8 Å². The number of nitrogens with one attached hydrogen (secondary N) is 1. The maximum Gasteiger partial charge on any atom is 0.130 e. The molecular formula is C26H38N6O2S. The highest BCUT2D eigenvalue weighted by Crippen LogP contribution is 2.32. The number of ether oxygens (including phenoxy) is 1. The number of aliphatic hydroxyl groups is 1. The molecule has 0 spiro atoms. The molecule has 3 aliphatic rings. The first-order chi connectivity index (χ1) is 17.3. The second-order valence-electron chi connectivity index (χ2n) is 8.79. The van der Waals surface area contributed by atoms with Gasteiger partial charge < -0.3 is 25.0 Å². The number of thiazole rings is 1. The minimum absolute atomic E-state index is 0.556. The number of anilines is 2. The van der Waals surface area contributed by atoms with Crippen LogP contribution in [-0.4, -0.2) is 78.6 Å². The number of pyridine rings is 2. The van der Waals surface area contributed by atoms with Gasteiger partial charge >= 0.3 is 0 Å². The van der Waals surface area contributed by atoms with Crippen molar-refractivity contribution < 1.29 is 9.84 Å². The zero-order valence-electron chi connectivity index (χ0n) is 21.1. The third-order valence-electron chi connectivity index (χ3n) is 6.61. The number of piperidine rings is 1. The molecule has 3 aliphatic heterocycles. The van der Waals surface area contributed by atoms with Crippen LogP contribution in [0.4, 0.5) is 11.6 Å². The fourth-order valence-corrected chi connectivity index (χ4v) is 5.66. The van der Waals surface area contributed by atoms with Crippen LogP contribution in [0.1, 0.15) is 39.5 Å². The zero-order chi connectivity index (χ0) is 24.6. The van der Waals surface area contributed by atoms with E-state index in [2.05, 4.69) is 33.3 Å². The second kappa shape index (κ2) is 12.6. The highest BCUT2D eigenvalue weighted by atomic mass is 32.1. The average molecular weight is 499 g/mol. The van der Waals surface area contributed by atoms with Crippen LogP contribution in [0.2, 0.25) is 0 Å². The molecule has 190 valence electrons. The van der Waals surface area contributed by atoms with Crippen LogP contribution in [0.25, 0.3) is 20.8 Å². The number of rotatable bonds is 5. The third-order valence-corrected chi connectivity index (χ3v) is 7.68. The Labute approximate surface area is 212 Å². The number of hydrogen-bond acceptors (Lipinski definition) is 9. The highest BCUT2D eigenvalue weighted by molar-refractivity contribution is 7.21. The van der Waals surface area contributed by atoms with Crippen molar-refractivity contribution in [3.8, 4) is 10.6 Å². The molecule has 9 heteroatoms. The molecule has 3 aromatic heterocycles. The van der Waals surface area contributed by atoms with Gasteiger partial charge in [-0.3, -0.25) is 0 Å². The van der Waals surface area contributed by atoms with Gasteiger partial charge in [0.1, 0.15) is 22.2 Å². The van der Waals surface area contributed by atoms with E-state index < -0.39 is 0 Å². The van der Waals surface area contributed by atoms with Crippen molar-refractivity contribution in [2.45, 2.75) is 51.6 Å². The van der Waals surface area contributed by atoms with Crippen molar-refractivity contribution in [2.24, 2.45) is 0 Å². The van der Waals surface area contributed by atoms with Gasteiger partial charge in [-0.2, -0.15) is 0 Å². The van der Waals surface area contributed by atoms with Gasteiger partial charge in [0.05, 0.1) is 30.2 Å². The molecule has 0 radical (unpaired) electrons. The fraction of sp³-hybridized carbons (Fsp3) is 0.577. The van der Waals surface area contributed by atoms with Crippen LogP contribution < -0.4 is 15.1 Å². The molecule has 35 heavy (non-hydrogen) atoms. The van der Waals surface area contributed by atoms with Gasteiger partial charge in [-0.25, -0.2) is 15.0 Å². The molecule has 0 unspecified atom stereocenters. The predicted molar refractivity (Wildman–Crippen MR) is 145 cm³/mol. The zero-order valence-corrected chi connectivity index (χ0v) is 21.9. The lowest BCUT2D eigenvalue weighted by Gasteiger charge is -2.37. The number of aliphatic hydroxyl groups excluding tert-OH is 1. The minimum Gasteiger partial charge on any atom is -0.400 e. The summed E-state index contributed by atoms with van der Waals surface area (Å²) >= 11 is 1.73. The number of hydrogen-bond donors (Lipinski definition) is 2. The molecule has 3 aromatic rings. The Hall–Kier alpha value is -2.33. The normalized spacial score (nSPS) is 18.5. The predicted octanol–water partition coefficient (Wildman–Crippen LogP) is 3.95. The Bertz CT molecular complexity index is 1040. The second-order valence-corrected chi connectivity index (χ2v) is 9.82. The first-order valence-electron chi connectivity index (χ1n) is 12.8. The highest BCUT2D eigenvalue weighted by Gasteiger charge is 2.26. The Kier molecular flexibility index (Phi) is 9.25. The summed E-state index contributed by atoms with van der Waals surface area (Å²) in [6.07, 6.45) is 8.72. The standard InChI is InChI=1S/C23H28N6OS.C2H6.CH4O/c1-2-8-28(7-1)21-4-3-16(12-24-21)23-27-19-13-25-22(11-20(19)31-23)29-9-5-17(6-10-29)26-18-14-30-15-18;2*1-2/h3-4,11-13,17-18,26H,1-2,5-10,14-15H2;1-2H3;2H,1H3. The van der Waals surface area contributed by atoms with E-state index in [4.69, 9.17) is 24.8 Å². The fourth-order valence-electron chi connectivity index (χ4n) is 4.70. The van der Waals surface area contributed by atoms with E-state index in [0.29, 0.717) is 12.1 Å². The summed E-state index contributed by atoms with van der Waals surface area (Å²) in [6.45, 7) is 10.0. The van der Waals surface area contributed by atoms with E-state index in [0.717, 1.165) is 87.1 Å². The van der Waals surface area contributed by atoms with Crippen molar-refractivity contribution in [1.82, 2.24) is 20.3 Å². The maximum atomic E-state index is 7.00. The number of nitrogens with zero attached hydrogens (tertiary/aromatic N) is 5. The Morgan fingerprint density at radius 2 is 1.60 bits per heavy atom. The van der Waals surface area contributed by atoms with Crippen LogP contribution in [-0.2, 0) is 4.74 Å². The molecule has 0 saturated carbocycles. The number of aromatic nitrogens is 3. The molecule has 0 aliphatic carbocycles.